The van der Waals surface area contributed by atoms with Gasteiger partial charge in [-0.25, -0.2) is 9.97 Å². The molecule has 108 valence electrons. The van der Waals surface area contributed by atoms with Crippen LogP contribution in [0.15, 0.2) is 36.1 Å². The molecular formula is C15H16N4OS. The van der Waals surface area contributed by atoms with E-state index in [0.29, 0.717) is 5.69 Å². The number of aryl methyl sites for hydroxylation is 1. The van der Waals surface area contributed by atoms with E-state index in [2.05, 4.69) is 15.3 Å². The molecule has 3 rings (SSSR count). The van der Waals surface area contributed by atoms with Gasteiger partial charge in [-0.15, -0.1) is 11.3 Å². The summed E-state index contributed by atoms with van der Waals surface area (Å²) >= 11 is 1.55. The fourth-order valence-electron chi connectivity index (χ4n) is 2.17. The van der Waals surface area contributed by atoms with Gasteiger partial charge in [0.1, 0.15) is 16.3 Å². The standard InChI is InChI=1S/C15H16N4OS/c1-3-11(15-16-5-7-21-15)18-14(20)12-9-19-6-4-10(2)8-13(19)17-12/h4-9,11H,3H2,1-2H3,(H,18,20)/t11-/m1/s1. The Hall–Kier alpha value is -2.21. The molecule has 0 radical (unpaired) electrons. The molecule has 1 atom stereocenters. The van der Waals surface area contributed by atoms with E-state index in [1.54, 1.807) is 23.7 Å². The van der Waals surface area contributed by atoms with Gasteiger partial charge in [-0.05, 0) is 31.0 Å². The predicted molar refractivity (Wildman–Crippen MR) is 82.5 cm³/mol. The maximum Gasteiger partial charge on any atom is 0.272 e. The number of fused-ring (bicyclic) bond motifs is 1. The summed E-state index contributed by atoms with van der Waals surface area (Å²) < 4.78 is 1.85. The highest BCUT2D eigenvalue weighted by Gasteiger charge is 2.18. The van der Waals surface area contributed by atoms with Gasteiger partial charge in [-0.3, -0.25) is 4.79 Å². The number of nitrogens with zero attached hydrogens (tertiary/aromatic N) is 3. The molecule has 0 saturated carbocycles. The quantitative estimate of drug-likeness (QED) is 0.806. The fraction of sp³-hybridized carbons (Fsp3) is 0.267. The van der Waals surface area contributed by atoms with Crippen LogP contribution in [0.1, 0.15) is 40.4 Å². The van der Waals surface area contributed by atoms with Crippen molar-refractivity contribution in [1.29, 1.82) is 0 Å². The van der Waals surface area contributed by atoms with Gasteiger partial charge in [0.25, 0.3) is 5.91 Å². The Morgan fingerprint density at radius 3 is 3.10 bits per heavy atom. The minimum Gasteiger partial charge on any atom is -0.341 e. The maximum atomic E-state index is 12.4. The van der Waals surface area contributed by atoms with Crippen molar-refractivity contribution in [2.45, 2.75) is 26.3 Å². The third kappa shape index (κ3) is 2.80. The second-order valence-corrected chi connectivity index (χ2v) is 5.83. The van der Waals surface area contributed by atoms with E-state index in [4.69, 9.17) is 0 Å². The second-order valence-electron chi connectivity index (χ2n) is 4.90. The lowest BCUT2D eigenvalue weighted by Crippen LogP contribution is -2.28. The van der Waals surface area contributed by atoms with Crippen molar-refractivity contribution in [3.8, 4) is 0 Å². The van der Waals surface area contributed by atoms with Crippen molar-refractivity contribution >= 4 is 22.9 Å². The zero-order valence-electron chi connectivity index (χ0n) is 11.9. The first kappa shape index (κ1) is 13.8. The maximum absolute atomic E-state index is 12.4. The fourth-order valence-corrected chi connectivity index (χ4v) is 2.94. The van der Waals surface area contributed by atoms with Gasteiger partial charge >= 0.3 is 0 Å². The molecule has 6 heteroatoms. The van der Waals surface area contributed by atoms with Crippen LogP contribution >= 0.6 is 11.3 Å². The van der Waals surface area contributed by atoms with Crippen LogP contribution < -0.4 is 5.32 Å². The number of hydrogen-bond donors (Lipinski definition) is 1. The van der Waals surface area contributed by atoms with Crippen LogP contribution in [0.3, 0.4) is 0 Å². The van der Waals surface area contributed by atoms with Crippen molar-refractivity contribution in [2.75, 3.05) is 0 Å². The molecule has 3 heterocycles. The molecule has 0 unspecified atom stereocenters. The Morgan fingerprint density at radius 2 is 2.38 bits per heavy atom. The number of carbonyl (C=O) groups is 1. The molecule has 1 amide bonds. The number of pyridine rings is 1. The van der Waals surface area contributed by atoms with Gasteiger partial charge in [0.2, 0.25) is 0 Å². The monoisotopic (exact) mass is 300 g/mol. The Kier molecular flexibility index (Phi) is 3.70. The lowest BCUT2D eigenvalue weighted by molar-refractivity contribution is 0.0931. The van der Waals surface area contributed by atoms with Crippen LogP contribution in [0.4, 0.5) is 0 Å². The Morgan fingerprint density at radius 1 is 1.52 bits per heavy atom. The third-order valence-electron chi connectivity index (χ3n) is 3.31. The molecule has 3 aromatic heterocycles. The zero-order valence-corrected chi connectivity index (χ0v) is 12.7. The summed E-state index contributed by atoms with van der Waals surface area (Å²) in [6.45, 7) is 4.03. The van der Waals surface area contributed by atoms with Crippen molar-refractivity contribution in [3.05, 3.63) is 52.4 Å². The first-order valence-corrected chi connectivity index (χ1v) is 7.71. The van der Waals surface area contributed by atoms with Gasteiger partial charge in [-0.1, -0.05) is 6.92 Å². The van der Waals surface area contributed by atoms with Crippen molar-refractivity contribution in [3.63, 3.8) is 0 Å². The van der Waals surface area contributed by atoms with Gasteiger partial charge in [0.15, 0.2) is 0 Å². The van der Waals surface area contributed by atoms with E-state index in [0.717, 1.165) is 22.6 Å². The first-order chi connectivity index (χ1) is 10.2. The molecule has 0 aliphatic rings. The minimum atomic E-state index is -0.168. The molecule has 0 bridgehead atoms. The number of thiazole rings is 1. The molecule has 0 spiro atoms. The highest BCUT2D eigenvalue weighted by atomic mass is 32.1. The Balaban J connectivity index is 1.83. The summed E-state index contributed by atoms with van der Waals surface area (Å²) in [7, 11) is 0. The third-order valence-corrected chi connectivity index (χ3v) is 4.20. The number of aromatic nitrogens is 3. The summed E-state index contributed by atoms with van der Waals surface area (Å²) in [6, 6.07) is 3.87. The highest BCUT2D eigenvalue weighted by Crippen LogP contribution is 2.19. The van der Waals surface area contributed by atoms with Gasteiger partial charge in [0.05, 0.1) is 6.04 Å². The van der Waals surface area contributed by atoms with Crippen LogP contribution in [-0.4, -0.2) is 20.3 Å². The smallest absolute Gasteiger partial charge is 0.272 e. The van der Waals surface area contributed by atoms with E-state index >= 15 is 0 Å². The summed E-state index contributed by atoms with van der Waals surface area (Å²) in [5, 5.41) is 5.83. The Labute approximate surface area is 126 Å². The minimum absolute atomic E-state index is 0.0657. The normalized spacial score (nSPS) is 12.5. The zero-order chi connectivity index (χ0) is 14.8. The van der Waals surface area contributed by atoms with E-state index in [1.165, 1.54) is 0 Å². The average Bonchev–Trinajstić information content (AvgIpc) is 3.12. The average molecular weight is 300 g/mol. The molecule has 5 nitrogen and oxygen atoms in total. The van der Waals surface area contributed by atoms with Gasteiger partial charge in [-0.2, -0.15) is 0 Å². The lowest BCUT2D eigenvalue weighted by atomic mass is 10.2. The van der Waals surface area contributed by atoms with Crippen molar-refractivity contribution in [2.24, 2.45) is 0 Å². The molecule has 0 aliphatic heterocycles. The molecule has 0 aliphatic carbocycles. The number of amides is 1. The van der Waals surface area contributed by atoms with E-state index in [1.807, 2.05) is 42.0 Å². The van der Waals surface area contributed by atoms with Crippen LogP contribution in [0, 0.1) is 6.92 Å². The first-order valence-electron chi connectivity index (χ1n) is 6.83. The molecule has 0 saturated heterocycles. The molecule has 0 aromatic carbocycles. The number of carbonyl (C=O) groups excluding carboxylic acids is 1. The van der Waals surface area contributed by atoms with Gasteiger partial charge < -0.3 is 9.72 Å². The summed E-state index contributed by atoms with van der Waals surface area (Å²) in [4.78, 5) is 21.0. The van der Waals surface area contributed by atoms with Gasteiger partial charge in [0, 0.05) is 24.0 Å². The molecule has 1 N–H and O–H groups in total. The highest BCUT2D eigenvalue weighted by molar-refractivity contribution is 7.09. The topological polar surface area (TPSA) is 59.3 Å². The molecule has 3 aromatic rings. The lowest BCUT2D eigenvalue weighted by Gasteiger charge is -2.13. The van der Waals surface area contributed by atoms with Crippen LogP contribution in [0.2, 0.25) is 0 Å². The van der Waals surface area contributed by atoms with Crippen LogP contribution in [0.25, 0.3) is 5.65 Å². The molecule has 0 fully saturated rings. The van der Waals surface area contributed by atoms with E-state index in [9.17, 15) is 4.79 Å². The predicted octanol–water partition coefficient (Wildman–Crippen LogP) is 2.98. The number of hydrogen-bond acceptors (Lipinski definition) is 4. The summed E-state index contributed by atoms with van der Waals surface area (Å²) in [5.41, 5.74) is 2.33. The summed E-state index contributed by atoms with van der Waals surface area (Å²) in [5.74, 6) is -0.168. The summed E-state index contributed by atoms with van der Waals surface area (Å²) in [6.07, 6.45) is 6.21. The largest absolute Gasteiger partial charge is 0.341 e. The van der Waals surface area contributed by atoms with Crippen molar-refractivity contribution < 1.29 is 4.79 Å². The number of imidazole rings is 1. The number of rotatable bonds is 4. The molecule has 21 heavy (non-hydrogen) atoms. The van der Waals surface area contributed by atoms with E-state index in [-0.39, 0.29) is 11.9 Å². The van der Waals surface area contributed by atoms with Crippen LogP contribution in [-0.2, 0) is 0 Å². The SMILES string of the molecule is CC[C@@H](NC(=O)c1cn2ccc(C)cc2n1)c1nccs1. The molecular weight excluding hydrogens is 284 g/mol. The van der Waals surface area contributed by atoms with Crippen molar-refractivity contribution in [1.82, 2.24) is 19.7 Å². The number of nitrogens with one attached hydrogen (secondary N) is 1. The second kappa shape index (κ2) is 5.65. The Bertz CT molecular complexity index is 763. The van der Waals surface area contributed by atoms with E-state index < -0.39 is 0 Å². The van der Waals surface area contributed by atoms with Crippen LogP contribution in [0.5, 0.6) is 0 Å².